The monoisotopic (exact) mass is 679 g/mol. The molecule has 0 fully saturated rings. The highest BCUT2D eigenvalue weighted by Gasteiger charge is 2.24. The summed E-state index contributed by atoms with van der Waals surface area (Å²) in [5.41, 5.74) is 17.8. The highest BCUT2D eigenvalue weighted by molar-refractivity contribution is 6.17. The Morgan fingerprint density at radius 1 is 0.415 bits per heavy atom. The molecular formula is C50H37N3. The van der Waals surface area contributed by atoms with Crippen LogP contribution in [0, 0.1) is 6.92 Å². The van der Waals surface area contributed by atoms with E-state index < -0.39 is 0 Å². The number of aryl methyl sites for hydroxylation is 1. The lowest BCUT2D eigenvalue weighted by Crippen LogP contribution is -2.21. The summed E-state index contributed by atoms with van der Waals surface area (Å²) in [5.74, 6) is 0. The summed E-state index contributed by atoms with van der Waals surface area (Å²) in [7, 11) is 0. The second-order valence-electron chi connectivity index (χ2n) is 13.6. The van der Waals surface area contributed by atoms with Crippen LogP contribution in [0.5, 0.6) is 0 Å². The molecule has 0 aliphatic carbocycles. The van der Waals surface area contributed by atoms with Crippen LogP contribution >= 0.6 is 0 Å². The molecule has 0 amide bonds. The zero-order chi connectivity index (χ0) is 35.6. The maximum atomic E-state index is 5.48. The van der Waals surface area contributed by atoms with Gasteiger partial charge in [0.2, 0.25) is 0 Å². The lowest BCUT2D eigenvalue weighted by atomic mass is 9.92. The minimum Gasteiger partial charge on any atom is -0.360 e. The highest BCUT2D eigenvalue weighted by atomic mass is 15.1. The van der Waals surface area contributed by atoms with Gasteiger partial charge in [-0.15, -0.1) is 0 Å². The van der Waals surface area contributed by atoms with Crippen LogP contribution in [0.4, 0.5) is 5.69 Å². The first-order valence-corrected chi connectivity index (χ1v) is 18.1. The Bertz CT molecular complexity index is 2440. The van der Waals surface area contributed by atoms with Gasteiger partial charge in [0.15, 0.2) is 0 Å². The van der Waals surface area contributed by atoms with Crippen molar-refractivity contribution in [1.82, 2.24) is 4.98 Å². The molecule has 0 saturated heterocycles. The number of aliphatic imine (C=N–C) groups is 1. The van der Waals surface area contributed by atoms with E-state index in [1.165, 1.54) is 27.8 Å². The molecule has 252 valence electrons. The van der Waals surface area contributed by atoms with Gasteiger partial charge in [0, 0.05) is 34.1 Å². The average Bonchev–Trinajstić information content (AvgIpc) is 3.24. The van der Waals surface area contributed by atoms with Crippen LogP contribution < -0.4 is 5.32 Å². The van der Waals surface area contributed by atoms with E-state index >= 15 is 0 Å². The number of rotatable bonds is 7. The number of aromatic nitrogens is 1. The van der Waals surface area contributed by atoms with Crippen LogP contribution in [0.15, 0.2) is 199 Å². The van der Waals surface area contributed by atoms with E-state index in [0.717, 1.165) is 61.6 Å². The van der Waals surface area contributed by atoms with Crippen molar-refractivity contribution in [3.63, 3.8) is 0 Å². The molecule has 0 bridgehead atoms. The first-order chi connectivity index (χ1) is 26.1. The van der Waals surface area contributed by atoms with Gasteiger partial charge in [0.05, 0.1) is 11.4 Å². The molecule has 3 heteroatoms. The number of hydrogen-bond donors (Lipinski definition) is 1. The zero-order valence-corrected chi connectivity index (χ0v) is 29.4. The third-order valence-electron chi connectivity index (χ3n) is 10.0. The van der Waals surface area contributed by atoms with Gasteiger partial charge in [-0.05, 0) is 87.8 Å². The summed E-state index contributed by atoms with van der Waals surface area (Å²) in [6.07, 6.45) is 1.68. The van der Waals surface area contributed by atoms with E-state index in [1.54, 1.807) is 0 Å². The van der Waals surface area contributed by atoms with Crippen molar-refractivity contribution < 1.29 is 0 Å². The third kappa shape index (κ3) is 6.69. The van der Waals surface area contributed by atoms with E-state index in [4.69, 9.17) is 9.98 Å². The largest absolute Gasteiger partial charge is 0.360 e. The lowest BCUT2D eigenvalue weighted by molar-refractivity contribution is 0.829. The Balaban J connectivity index is 1.15. The van der Waals surface area contributed by atoms with Crippen molar-refractivity contribution in [3.8, 4) is 55.8 Å². The molecule has 1 aliphatic rings. The van der Waals surface area contributed by atoms with Crippen LogP contribution in [0.3, 0.4) is 0 Å². The Labute approximate surface area is 311 Å². The summed E-state index contributed by atoms with van der Waals surface area (Å²) >= 11 is 0. The van der Waals surface area contributed by atoms with Gasteiger partial charge in [0.1, 0.15) is 6.17 Å². The number of pyridine rings is 1. The Hall–Kier alpha value is -6.84. The molecule has 1 N–H and O–H groups in total. The van der Waals surface area contributed by atoms with Gasteiger partial charge in [-0.2, -0.15) is 0 Å². The van der Waals surface area contributed by atoms with E-state index in [9.17, 15) is 0 Å². The number of anilines is 1. The van der Waals surface area contributed by atoms with E-state index in [2.05, 4.69) is 182 Å². The Morgan fingerprint density at radius 3 is 1.57 bits per heavy atom. The average molecular weight is 680 g/mol. The summed E-state index contributed by atoms with van der Waals surface area (Å²) in [5, 5.41) is 3.82. The summed E-state index contributed by atoms with van der Waals surface area (Å²) < 4.78 is 0. The minimum absolute atomic E-state index is 0.304. The standard InChI is InChI=1S/C50H37N3/c1-34-17-19-37(20-18-34)41-25-28-48-46(32-41)49(40-15-9-4-10-16-40)53-50(52-48)45-30-43(38-23-21-36(22-24-38)35-11-5-2-6-12-35)29-44(31-45)42-26-27-47(51-33-42)39-13-7-3-8-14-39/h2-33,50,52H,1H3. The number of hydrogen-bond acceptors (Lipinski definition) is 3. The van der Waals surface area contributed by atoms with Gasteiger partial charge in [-0.3, -0.25) is 9.98 Å². The van der Waals surface area contributed by atoms with Crippen molar-refractivity contribution in [3.05, 3.63) is 217 Å². The van der Waals surface area contributed by atoms with Crippen molar-refractivity contribution in [2.45, 2.75) is 13.1 Å². The molecule has 2 heterocycles. The highest BCUT2D eigenvalue weighted by Crippen LogP contribution is 2.38. The fourth-order valence-electron chi connectivity index (χ4n) is 7.13. The Kier molecular flexibility index (Phi) is 8.51. The van der Waals surface area contributed by atoms with Crippen molar-refractivity contribution in [1.29, 1.82) is 0 Å². The summed E-state index contributed by atoms with van der Waals surface area (Å²) in [6, 6.07) is 66.7. The summed E-state index contributed by atoms with van der Waals surface area (Å²) in [6.45, 7) is 2.12. The topological polar surface area (TPSA) is 37.3 Å². The van der Waals surface area contributed by atoms with Gasteiger partial charge < -0.3 is 5.32 Å². The van der Waals surface area contributed by atoms with Crippen LogP contribution in [0.25, 0.3) is 55.8 Å². The first kappa shape index (κ1) is 32.1. The number of fused-ring (bicyclic) bond motifs is 1. The zero-order valence-electron chi connectivity index (χ0n) is 29.4. The maximum Gasteiger partial charge on any atom is 0.145 e. The third-order valence-corrected chi connectivity index (χ3v) is 10.0. The molecule has 0 spiro atoms. The number of nitrogens with zero attached hydrogens (tertiary/aromatic N) is 2. The first-order valence-electron chi connectivity index (χ1n) is 18.1. The van der Waals surface area contributed by atoms with Crippen molar-refractivity contribution in [2.24, 2.45) is 4.99 Å². The van der Waals surface area contributed by atoms with Crippen LogP contribution in [-0.4, -0.2) is 10.7 Å². The quantitative estimate of drug-likeness (QED) is 0.182. The fourth-order valence-corrected chi connectivity index (χ4v) is 7.13. The van der Waals surface area contributed by atoms with E-state index in [1.807, 2.05) is 24.4 Å². The predicted molar refractivity (Wildman–Crippen MR) is 221 cm³/mol. The lowest BCUT2D eigenvalue weighted by Gasteiger charge is -2.27. The minimum atomic E-state index is -0.304. The Morgan fingerprint density at radius 2 is 0.925 bits per heavy atom. The SMILES string of the molecule is Cc1ccc(-c2ccc3c(c2)C(c2ccccc2)=NC(c2cc(-c4ccc(-c5ccccc5)cc4)cc(-c4ccc(-c5ccccc5)nc4)c2)N3)cc1. The molecule has 9 rings (SSSR count). The molecule has 3 nitrogen and oxygen atoms in total. The van der Waals surface area contributed by atoms with Crippen LogP contribution in [0.1, 0.15) is 28.4 Å². The molecule has 1 aromatic heterocycles. The molecular weight excluding hydrogens is 643 g/mol. The van der Waals surface area contributed by atoms with Gasteiger partial charge >= 0.3 is 0 Å². The van der Waals surface area contributed by atoms with Gasteiger partial charge in [-0.1, -0.05) is 157 Å². The van der Waals surface area contributed by atoms with Crippen LogP contribution in [0.2, 0.25) is 0 Å². The maximum absolute atomic E-state index is 5.48. The molecule has 0 radical (unpaired) electrons. The summed E-state index contributed by atoms with van der Waals surface area (Å²) in [4.78, 5) is 10.4. The second-order valence-corrected chi connectivity index (χ2v) is 13.6. The smallest absolute Gasteiger partial charge is 0.145 e. The normalized spacial score (nSPS) is 13.5. The molecule has 8 aromatic rings. The van der Waals surface area contributed by atoms with Crippen LogP contribution in [-0.2, 0) is 0 Å². The van der Waals surface area contributed by atoms with Gasteiger partial charge in [0.25, 0.3) is 0 Å². The molecule has 1 aliphatic heterocycles. The molecule has 0 saturated carbocycles. The number of nitrogens with one attached hydrogen (secondary N) is 1. The van der Waals surface area contributed by atoms with E-state index in [0.29, 0.717) is 0 Å². The second kappa shape index (κ2) is 14.1. The van der Waals surface area contributed by atoms with Crippen molar-refractivity contribution in [2.75, 3.05) is 5.32 Å². The molecule has 53 heavy (non-hydrogen) atoms. The molecule has 7 aromatic carbocycles. The van der Waals surface area contributed by atoms with Crippen molar-refractivity contribution >= 4 is 11.4 Å². The fraction of sp³-hybridized carbons (Fsp3) is 0.0400. The predicted octanol–water partition coefficient (Wildman–Crippen LogP) is 12.7. The molecule has 1 atom stereocenters. The number of benzene rings is 7. The van der Waals surface area contributed by atoms with E-state index in [-0.39, 0.29) is 6.17 Å². The molecule has 1 unspecified atom stereocenters. The van der Waals surface area contributed by atoms with Gasteiger partial charge in [-0.25, -0.2) is 0 Å².